The van der Waals surface area contributed by atoms with Gasteiger partial charge in [-0.3, -0.25) is 4.79 Å². The lowest BCUT2D eigenvalue weighted by molar-refractivity contribution is -0.120. The third-order valence-corrected chi connectivity index (χ3v) is 4.05. The van der Waals surface area contributed by atoms with Crippen LogP contribution in [0.25, 0.3) is 0 Å². The molecule has 0 spiro atoms. The first-order valence-electron chi connectivity index (χ1n) is 6.36. The Morgan fingerprint density at radius 1 is 1.37 bits per heavy atom. The largest absolute Gasteiger partial charge is 0.375 e. The molecule has 1 aromatic carbocycles. The number of carbonyl (C=O) groups is 1. The van der Waals surface area contributed by atoms with Crippen LogP contribution in [0.15, 0.2) is 28.7 Å². The highest BCUT2D eigenvalue weighted by Crippen LogP contribution is 2.28. The number of rotatable bonds is 4. The van der Waals surface area contributed by atoms with Crippen molar-refractivity contribution >= 4 is 27.5 Å². The fourth-order valence-corrected chi connectivity index (χ4v) is 2.76. The number of nitrogens with zero attached hydrogens (tertiary/aromatic N) is 1. The van der Waals surface area contributed by atoms with Crippen molar-refractivity contribution in [3.63, 3.8) is 0 Å². The fraction of sp³-hybridized carbons (Fsp3) is 0.429. The summed E-state index contributed by atoms with van der Waals surface area (Å²) in [6, 6.07) is 9.87. The number of amides is 1. The van der Waals surface area contributed by atoms with Gasteiger partial charge in [-0.1, -0.05) is 12.1 Å². The zero-order valence-electron chi connectivity index (χ0n) is 10.6. The first-order chi connectivity index (χ1) is 9.15. The van der Waals surface area contributed by atoms with Crippen molar-refractivity contribution in [2.75, 3.05) is 11.9 Å². The highest BCUT2D eigenvalue weighted by molar-refractivity contribution is 9.10. The van der Waals surface area contributed by atoms with Crippen molar-refractivity contribution < 1.29 is 4.79 Å². The zero-order valence-corrected chi connectivity index (χ0v) is 12.2. The number of halogens is 1. The third kappa shape index (κ3) is 3.48. The van der Waals surface area contributed by atoms with Gasteiger partial charge >= 0.3 is 0 Å². The minimum Gasteiger partial charge on any atom is -0.375 e. The van der Waals surface area contributed by atoms with E-state index in [1.807, 2.05) is 24.3 Å². The summed E-state index contributed by atoms with van der Waals surface area (Å²) in [6.07, 6.45) is 3.52. The number of carbonyl (C=O) groups excluding carboxylic acids is 1. The van der Waals surface area contributed by atoms with Crippen LogP contribution in [0.2, 0.25) is 0 Å². The van der Waals surface area contributed by atoms with Gasteiger partial charge in [-0.2, -0.15) is 5.26 Å². The number of para-hydroxylation sites is 1. The van der Waals surface area contributed by atoms with Crippen LogP contribution in [-0.2, 0) is 4.79 Å². The van der Waals surface area contributed by atoms with Gasteiger partial charge in [0.25, 0.3) is 0 Å². The highest BCUT2D eigenvalue weighted by Gasteiger charge is 2.35. The van der Waals surface area contributed by atoms with Crippen molar-refractivity contribution in [2.24, 2.45) is 0 Å². The van der Waals surface area contributed by atoms with Crippen molar-refractivity contribution in [3.05, 3.63) is 28.7 Å². The molecule has 1 aromatic rings. The molecule has 19 heavy (non-hydrogen) atoms. The molecule has 0 atom stereocenters. The van der Waals surface area contributed by atoms with Gasteiger partial charge < -0.3 is 10.6 Å². The Morgan fingerprint density at radius 3 is 2.68 bits per heavy atom. The molecule has 1 aliphatic rings. The second kappa shape index (κ2) is 6.07. The second-order valence-electron chi connectivity index (χ2n) is 4.78. The summed E-state index contributed by atoms with van der Waals surface area (Å²) >= 11 is 3.41. The predicted octanol–water partition coefficient (Wildman–Crippen LogP) is 2.81. The molecule has 0 unspecified atom stereocenters. The fourth-order valence-electron chi connectivity index (χ4n) is 2.33. The first kappa shape index (κ1) is 13.9. The van der Waals surface area contributed by atoms with Gasteiger partial charge in [-0.25, -0.2) is 0 Å². The molecular weight excluding hydrogens is 306 g/mol. The van der Waals surface area contributed by atoms with Gasteiger partial charge in [-0.05, 0) is 53.7 Å². The van der Waals surface area contributed by atoms with E-state index in [0.717, 1.165) is 35.8 Å². The number of hydrogen-bond donors (Lipinski definition) is 2. The summed E-state index contributed by atoms with van der Waals surface area (Å²) in [4.78, 5) is 11.9. The number of anilines is 1. The van der Waals surface area contributed by atoms with E-state index in [2.05, 4.69) is 32.6 Å². The van der Waals surface area contributed by atoms with Crippen LogP contribution < -0.4 is 10.6 Å². The molecule has 0 saturated heterocycles. The summed E-state index contributed by atoms with van der Waals surface area (Å²) in [5, 5.41) is 15.1. The van der Waals surface area contributed by atoms with E-state index in [-0.39, 0.29) is 12.5 Å². The van der Waals surface area contributed by atoms with Crippen LogP contribution in [0.4, 0.5) is 5.69 Å². The maximum Gasteiger partial charge on any atom is 0.240 e. The molecule has 1 fully saturated rings. The summed E-state index contributed by atoms with van der Waals surface area (Å²) in [6.45, 7) is 0.173. The molecule has 1 aliphatic carbocycles. The smallest absolute Gasteiger partial charge is 0.240 e. The van der Waals surface area contributed by atoms with E-state index in [4.69, 9.17) is 0 Å². The Labute approximate surface area is 121 Å². The molecular formula is C14H16BrN3O. The molecule has 0 aromatic heterocycles. The molecule has 4 nitrogen and oxygen atoms in total. The van der Waals surface area contributed by atoms with Crippen molar-refractivity contribution in [2.45, 2.75) is 31.2 Å². The van der Waals surface area contributed by atoms with Crippen molar-refractivity contribution in [1.29, 1.82) is 5.26 Å². The van der Waals surface area contributed by atoms with Crippen LogP contribution in [0, 0.1) is 11.3 Å². The number of hydrogen-bond acceptors (Lipinski definition) is 3. The Morgan fingerprint density at radius 2 is 2.05 bits per heavy atom. The van der Waals surface area contributed by atoms with Gasteiger partial charge in [-0.15, -0.1) is 0 Å². The van der Waals surface area contributed by atoms with Crippen LogP contribution in [0.3, 0.4) is 0 Å². The summed E-state index contributed by atoms with van der Waals surface area (Å²) in [5.41, 5.74) is 0.224. The Hall–Kier alpha value is -1.54. The van der Waals surface area contributed by atoms with Crippen LogP contribution in [0.1, 0.15) is 25.7 Å². The SMILES string of the molecule is N#CC1(NC(=O)CNc2ccccc2Br)CCCC1. The van der Waals surface area contributed by atoms with Crippen molar-refractivity contribution in [3.8, 4) is 6.07 Å². The van der Waals surface area contributed by atoms with Gasteiger partial charge in [0, 0.05) is 10.2 Å². The lowest BCUT2D eigenvalue weighted by Crippen LogP contribution is -2.47. The van der Waals surface area contributed by atoms with Gasteiger partial charge in [0.1, 0.15) is 5.54 Å². The maximum absolute atomic E-state index is 11.9. The zero-order chi connectivity index (χ0) is 13.7. The predicted molar refractivity (Wildman–Crippen MR) is 77.6 cm³/mol. The van der Waals surface area contributed by atoms with E-state index < -0.39 is 5.54 Å². The van der Waals surface area contributed by atoms with E-state index >= 15 is 0 Å². The molecule has 0 aliphatic heterocycles. The monoisotopic (exact) mass is 321 g/mol. The van der Waals surface area contributed by atoms with E-state index in [1.54, 1.807) is 0 Å². The van der Waals surface area contributed by atoms with Crippen molar-refractivity contribution in [1.82, 2.24) is 5.32 Å². The molecule has 1 amide bonds. The van der Waals surface area contributed by atoms with Crippen LogP contribution >= 0.6 is 15.9 Å². The average Bonchev–Trinajstić information content (AvgIpc) is 2.87. The molecule has 100 valence electrons. The number of benzene rings is 1. The van der Waals surface area contributed by atoms with Gasteiger partial charge in [0.2, 0.25) is 5.91 Å². The Balaban J connectivity index is 1.89. The second-order valence-corrected chi connectivity index (χ2v) is 5.64. The quantitative estimate of drug-likeness (QED) is 0.896. The molecule has 2 N–H and O–H groups in total. The molecule has 0 bridgehead atoms. The molecule has 0 radical (unpaired) electrons. The number of nitriles is 1. The number of nitrogens with one attached hydrogen (secondary N) is 2. The van der Waals surface area contributed by atoms with E-state index in [9.17, 15) is 10.1 Å². The van der Waals surface area contributed by atoms with Crippen LogP contribution in [-0.4, -0.2) is 18.0 Å². The van der Waals surface area contributed by atoms with Gasteiger partial charge in [0.05, 0.1) is 12.6 Å². The Kier molecular flexibility index (Phi) is 4.43. The molecule has 5 heteroatoms. The summed E-state index contributed by atoms with van der Waals surface area (Å²) in [7, 11) is 0. The molecule has 0 heterocycles. The standard InChI is InChI=1S/C14H16BrN3O/c15-11-5-1-2-6-12(11)17-9-13(19)18-14(10-16)7-3-4-8-14/h1-2,5-6,17H,3-4,7-9H2,(H,18,19). The lowest BCUT2D eigenvalue weighted by Gasteiger charge is -2.22. The summed E-state index contributed by atoms with van der Waals surface area (Å²) < 4.78 is 0.915. The normalized spacial score (nSPS) is 16.6. The Bertz CT molecular complexity index is 504. The lowest BCUT2D eigenvalue weighted by atomic mass is 10.00. The first-order valence-corrected chi connectivity index (χ1v) is 7.15. The molecule has 1 saturated carbocycles. The van der Waals surface area contributed by atoms with Gasteiger partial charge in [0.15, 0.2) is 0 Å². The molecule has 2 rings (SSSR count). The minimum absolute atomic E-state index is 0.140. The summed E-state index contributed by atoms with van der Waals surface area (Å²) in [5.74, 6) is -0.140. The third-order valence-electron chi connectivity index (χ3n) is 3.36. The van der Waals surface area contributed by atoms with E-state index in [1.165, 1.54) is 0 Å². The average molecular weight is 322 g/mol. The van der Waals surface area contributed by atoms with Crippen LogP contribution in [0.5, 0.6) is 0 Å². The van der Waals surface area contributed by atoms with E-state index in [0.29, 0.717) is 0 Å². The maximum atomic E-state index is 11.9. The minimum atomic E-state index is -0.646. The highest BCUT2D eigenvalue weighted by atomic mass is 79.9. The topological polar surface area (TPSA) is 64.9 Å².